The molecular formula is C11H20N4O3S2. The summed E-state index contributed by atoms with van der Waals surface area (Å²) in [4.78, 5) is 11.6. The highest BCUT2D eigenvalue weighted by molar-refractivity contribution is 7.91. The van der Waals surface area contributed by atoms with Crippen LogP contribution in [0.25, 0.3) is 0 Å². The molecule has 0 aliphatic heterocycles. The van der Waals surface area contributed by atoms with E-state index in [0.717, 1.165) is 17.8 Å². The molecule has 20 heavy (non-hydrogen) atoms. The lowest BCUT2D eigenvalue weighted by Crippen LogP contribution is -2.41. The Morgan fingerprint density at radius 2 is 2.00 bits per heavy atom. The van der Waals surface area contributed by atoms with Crippen molar-refractivity contribution >= 4 is 38.1 Å². The molecule has 0 aliphatic rings. The predicted octanol–water partition coefficient (Wildman–Crippen LogP) is 0.846. The first-order valence-electron chi connectivity index (χ1n) is 6.01. The molecule has 7 nitrogen and oxygen atoms in total. The molecule has 0 spiro atoms. The Kier molecular flexibility index (Phi) is 4.98. The van der Waals surface area contributed by atoms with Gasteiger partial charge in [-0.15, -0.1) is 0 Å². The van der Waals surface area contributed by atoms with E-state index in [1.165, 1.54) is 0 Å². The van der Waals surface area contributed by atoms with Crippen LogP contribution in [0.1, 0.15) is 27.2 Å². The fourth-order valence-electron chi connectivity index (χ4n) is 1.54. The third-order valence-electron chi connectivity index (χ3n) is 2.20. The maximum absolute atomic E-state index is 11.6. The van der Waals surface area contributed by atoms with Gasteiger partial charge >= 0.3 is 0 Å². The molecule has 0 saturated heterocycles. The van der Waals surface area contributed by atoms with Gasteiger partial charge < -0.3 is 16.4 Å². The molecule has 4 N–H and O–H groups in total. The van der Waals surface area contributed by atoms with E-state index < -0.39 is 9.84 Å². The maximum atomic E-state index is 11.6. The summed E-state index contributed by atoms with van der Waals surface area (Å²) in [6, 6.07) is 0. The molecule has 1 amide bonds. The van der Waals surface area contributed by atoms with E-state index in [1.807, 2.05) is 20.8 Å². The molecule has 0 radical (unpaired) electrons. The Morgan fingerprint density at radius 1 is 1.40 bits per heavy atom. The third kappa shape index (κ3) is 4.97. The van der Waals surface area contributed by atoms with Gasteiger partial charge in [0.25, 0.3) is 0 Å². The topological polar surface area (TPSA) is 114 Å². The zero-order chi connectivity index (χ0) is 15.6. The van der Waals surface area contributed by atoms with Crippen LogP contribution in [0.2, 0.25) is 0 Å². The smallest absolute Gasteiger partial charge is 0.222 e. The molecule has 0 aliphatic carbocycles. The molecule has 9 heteroatoms. The number of nitrogen functional groups attached to an aromatic ring is 1. The van der Waals surface area contributed by atoms with Gasteiger partial charge in [-0.25, -0.2) is 8.42 Å². The number of carbonyl (C=O) groups excluding carboxylic acids is 1. The lowest BCUT2D eigenvalue weighted by molar-refractivity contribution is -0.122. The second kappa shape index (κ2) is 5.96. The van der Waals surface area contributed by atoms with Crippen LogP contribution in [-0.4, -0.2) is 37.0 Å². The quantitative estimate of drug-likeness (QED) is 0.741. The zero-order valence-electron chi connectivity index (χ0n) is 12.0. The van der Waals surface area contributed by atoms with Crippen molar-refractivity contribution in [3.63, 3.8) is 0 Å². The van der Waals surface area contributed by atoms with Crippen molar-refractivity contribution in [2.45, 2.75) is 37.6 Å². The minimum atomic E-state index is -3.44. The number of nitrogens with one attached hydrogen (secondary N) is 2. The van der Waals surface area contributed by atoms with E-state index in [9.17, 15) is 13.2 Å². The Morgan fingerprint density at radius 3 is 2.50 bits per heavy atom. The van der Waals surface area contributed by atoms with Crippen LogP contribution in [0.3, 0.4) is 0 Å². The van der Waals surface area contributed by atoms with Crippen LogP contribution in [0, 0.1) is 0 Å². The fourth-order valence-corrected chi connectivity index (χ4v) is 3.63. The third-order valence-corrected chi connectivity index (χ3v) is 4.30. The first-order chi connectivity index (χ1) is 9.00. The summed E-state index contributed by atoms with van der Waals surface area (Å²) in [6.45, 7) is 5.99. The lowest BCUT2D eigenvalue weighted by atomic mass is 10.1. The van der Waals surface area contributed by atoms with Crippen LogP contribution < -0.4 is 16.4 Å². The molecular weight excluding hydrogens is 300 g/mol. The Labute approximate surface area is 123 Å². The van der Waals surface area contributed by atoms with E-state index in [4.69, 9.17) is 5.73 Å². The number of nitrogens with two attached hydrogens (primary N) is 1. The number of anilines is 2. The van der Waals surface area contributed by atoms with Crippen molar-refractivity contribution in [1.82, 2.24) is 9.69 Å². The first-order valence-corrected chi connectivity index (χ1v) is 8.67. The van der Waals surface area contributed by atoms with E-state index in [0.29, 0.717) is 11.5 Å². The van der Waals surface area contributed by atoms with E-state index >= 15 is 0 Å². The van der Waals surface area contributed by atoms with Crippen molar-refractivity contribution in [1.29, 1.82) is 0 Å². The molecule has 0 aromatic carbocycles. The monoisotopic (exact) mass is 320 g/mol. The summed E-state index contributed by atoms with van der Waals surface area (Å²) in [5, 5.41) is 6.08. The predicted molar refractivity (Wildman–Crippen MR) is 80.6 cm³/mol. The number of carbonyl (C=O) groups is 1. The van der Waals surface area contributed by atoms with Gasteiger partial charge in [-0.3, -0.25) is 4.79 Å². The van der Waals surface area contributed by atoms with Gasteiger partial charge in [0.1, 0.15) is 9.90 Å². The van der Waals surface area contributed by atoms with Gasteiger partial charge in [0.05, 0.1) is 0 Å². The molecule has 1 aromatic heterocycles. The number of sulfone groups is 1. The lowest BCUT2D eigenvalue weighted by Gasteiger charge is -2.20. The number of amides is 1. The summed E-state index contributed by atoms with van der Waals surface area (Å²) in [5.41, 5.74) is 5.26. The van der Waals surface area contributed by atoms with Gasteiger partial charge in [0.15, 0.2) is 15.7 Å². The van der Waals surface area contributed by atoms with E-state index in [1.54, 1.807) is 0 Å². The molecule has 114 valence electrons. The minimum Gasteiger partial charge on any atom is -0.382 e. The average Bonchev–Trinajstić information content (AvgIpc) is 2.56. The second-order valence-corrected chi connectivity index (χ2v) is 8.20. The summed E-state index contributed by atoms with van der Waals surface area (Å²) in [6.07, 6.45) is 1.31. The SMILES string of the molecule is CC(C)(C)NC(=O)CCNc1snc(N)c1S(C)(=O)=O. The van der Waals surface area contributed by atoms with Gasteiger partial charge in [0, 0.05) is 24.8 Å². The van der Waals surface area contributed by atoms with Crippen molar-refractivity contribution in [2.24, 2.45) is 0 Å². The standard InChI is InChI=1S/C11H20N4O3S2/c1-11(2,3)14-7(16)5-6-13-10-8(20(4,17)18)9(12)15-19-10/h13H,5-6H2,1-4H3,(H2,12,15)(H,14,16). The number of nitrogens with zero attached hydrogens (tertiary/aromatic N) is 1. The second-order valence-electron chi connectivity index (χ2n) is 5.47. The molecule has 0 bridgehead atoms. The Bertz CT molecular complexity index is 587. The summed E-state index contributed by atoms with van der Waals surface area (Å²) < 4.78 is 27.0. The van der Waals surface area contributed by atoms with Crippen LogP contribution in [0.4, 0.5) is 10.8 Å². The van der Waals surface area contributed by atoms with Crippen molar-refractivity contribution in [3.05, 3.63) is 0 Å². The van der Waals surface area contributed by atoms with E-state index in [2.05, 4.69) is 15.0 Å². The summed E-state index contributed by atoms with van der Waals surface area (Å²) in [7, 11) is -3.44. The normalized spacial score (nSPS) is 12.2. The molecule has 1 rings (SSSR count). The summed E-state index contributed by atoms with van der Waals surface area (Å²) >= 11 is 0.971. The molecule has 1 heterocycles. The highest BCUT2D eigenvalue weighted by Gasteiger charge is 2.21. The minimum absolute atomic E-state index is 0.00118. The number of rotatable bonds is 5. The van der Waals surface area contributed by atoms with Gasteiger partial charge in [-0.2, -0.15) is 4.37 Å². The molecule has 0 fully saturated rings. The molecule has 1 aromatic rings. The maximum Gasteiger partial charge on any atom is 0.222 e. The highest BCUT2D eigenvalue weighted by atomic mass is 32.2. The number of hydrogen-bond acceptors (Lipinski definition) is 7. The fraction of sp³-hybridized carbons (Fsp3) is 0.636. The Hall–Kier alpha value is -1.35. The molecule has 0 saturated carbocycles. The van der Waals surface area contributed by atoms with Crippen LogP contribution >= 0.6 is 11.5 Å². The zero-order valence-corrected chi connectivity index (χ0v) is 13.6. The Balaban J connectivity index is 2.62. The van der Waals surface area contributed by atoms with E-state index in [-0.39, 0.29) is 28.6 Å². The van der Waals surface area contributed by atoms with Gasteiger partial charge in [-0.1, -0.05) is 0 Å². The summed E-state index contributed by atoms with van der Waals surface area (Å²) in [5.74, 6) is -0.123. The van der Waals surface area contributed by atoms with Crippen molar-refractivity contribution < 1.29 is 13.2 Å². The van der Waals surface area contributed by atoms with Crippen LogP contribution in [0.15, 0.2) is 4.90 Å². The van der Waals surface area contributed by atoms with Crippen LogP contribution in [0.5, 0.6) is 0 Å². The largest absolute Gasteiger partial charge is 0.382 e. The average molecular weight is 320 g/mol. The van der Waals surface area contributed by atoms with Gasteiger partial charge in [-0.05, 0) is 32.3 Å². The van der Waals surface area contributed by atoms with Crippen molar-refractivity contribution in [3.8, 4) is 0 Å². The highest BCUT2D eigenvalue weighted by Crippen LogP contribution is 2.31. The number of hydrogen-bond donors (Lipinski definition) is 3. The molecule has 0 unspecified atom stereocenters. The van der Waals surface area contributed by atoms with Crippen molar-refractivity contribution in [2.75, 3.05) is 23.9 Å². The number of aromatic nitrogens is 1. The first kappa shape index (κ1) is 16.7. The molecule has 0 atom stereocenters. The van der Waals surface area contributed by atoms with Gasteiger partial charge in [0.2, 0.25) is 5.91 Å². The van der Waals surface area contributed by atoms with Crippen LogP contribution in [-0.2, 0) is 14.6 Å².